The minimum Gasteiger partial charge on any atom is -0.497 e. The van der Waals surface area contributed by atoms with E-state index in [4.69, 9.17) is 9.15 Å². The predicted molar refractivity (Wildman–Crippen MR) is 106 cm³/mol. The Balaban J connectivity index is 0.00000243. The minimum absolute atomic E-state index is 0. The highest BCUT2D eigenvalue weighted by molar-refractivity contribution is 5.96. The van der Waals surface area contributed by atoms with Crippen LogP contribution >= 0.6 is 12.4 Å². The molecule has 2 N–H and O–H groups in total. The molecule has 0 atom stereocenters. The summed E-state index contributed by atoms with van der Waals surface area (Å²) in [6.45, 7) is 3.66. The van der Waals surface area contributed by atoms with Crippen LogP contribution in [0, 0.1) is 0 Å². The van der Waals surface area contributed by atoms with Gasteiger partial charge in [0.25, 0.3) is 0 Å². The number of fused-ring (bicyclic) bond motifs is 1. The van der Waals surface area contributed by atoms with Gasteiger partial charge in [0.2, 0.25) is 5.91 Å². The lowest BCUT2D eigenvalue weighted by Crippen LogP contribution is -2.18. The standard InChI is InChI=1S/C20H22N2O3.ClH/c1-3-21-12-14-6-4-5-7-18(14)22-20(23)10-15-13-25-19-11-16(24-2)8-9-17(15)19;/h4-9,11,13,21H,3,10,12H2,1-2H3,(H,22,23);1H. The van der Waals surface area contributed by atoms with Gasteiger partial charge < -0.3 is 19.8 Å². The molecule has 3 aromatic rings. The van der Waals surface area contributed by atoms with Crippen molar-refractivity contribution >= 4 is 35.0 Å². The number of methoxy groups -OCH3 is 1. The number of nitrogens with one attached hydrogen (secondary N) is 2. The highest BCUT2D eigenvalue weighted by Gasteiger charge is 2.12. The molecule has 0 saturated heterocycles. The molecular weight excluding hydrogens is 352 g/mol. The second-order valence-electron chi connectivity index (χ2n) is 5.79. The van der Waals surface area contributed by atoms with Gasteiger partial charge in [-0.05, 0) is 30.3 Å². The number of hydrogen-bond donors (Lipinski definition) is 2. The number of anilines is 1. The lowest BCUT2D eigenvalue weighted by atomic mass is 10.1. The van der Waals surface area contributed by atoms with Gasteiger partial charge in [-0.15, -0.1) is 12.4 Å². The molecule has 1 heterocycles. The smallest absolute Gasteiger partial charge is 0.228 e. The first-order valence-corrected chi connectivity index (χ1v) is 8.34. The first-order chi connectivity index (χ1) is 12.2. The molecular formula is C20H23ClN2O3. The van der Waals surface area contributed by atoms with E-state index in [2.05, 4.69) is 17.6 Å². The van der Waals surface area contributed by atoms with Crippen molar-refractivity contribution in [3.8, 4) is 5.75 Å². The maximum absolute atomic E-state index is 12.5. The fourth-order valence-electron chi connectivity index (χ4n) is 2.75. The maximum atomic E-state index is 12.5. The number of benzene rings is 2. The van der Waals surface area contributed by atoms with Gasteiger partial charge in [-0.3, -0.25) is 4.79 Å². The Morgan fingerprint density at radius 2 is 1.96 bits per heavy atom. The Kier molecular flexibility index (Phi) is 7.06. The zero-order chi connectivity index (χ0) is 17.6. The van der Waals surface area contributed by atoms with Crippen molar-refractivity contribution in [3.63, 3.8) is 0 Å². The number of rotatable bonds is 7. The van der Waals surface area contributed by atoms with Crippen LogP contribution in [0.2, 0.25) is 0 Å². The molecule has 0 spiro atoms. The summed E-state index contributed by atoms with van der Waals surface area (Å²) in [6, 6.07) is 13.4. The van der Waals surface area contributed by atoms with Crippen LogP contribution in [0.3, 0.4) is 0 Å². The number of furan rings is 1. The predicted octanol–water partition coefficient (Wildman–Crippen LogP) is 4.15. The first kappa shape index (κ1) is 19.8. The highest BCUT2D eigenvalue weighted by Crippen LogP contribution is 2.26. The molecule has 3 rings (SSSR count). The van der Waals surface area contributed by atoms with E-state index in [-0.39, 0.29) is 24.7 Å². The molecule has 1 aromatic heterocycles. The van der Waals surface area contributed by atoms with E-state index in [9.17, 15) is 4.79 Å². The molecule has 0 saturated carbocycles. The lowest BCUT2D eigenvalue weighted by Gasteiger charge is -2.11. The van der Waals surface area contributed by atoms with Crippen LogP contribution in [-0.4, -0.2) is 19.6 Å². The summed E-state index contributed by atoms with van der Waals surface area (Å²) >= 11 is 0. The molecule has 26 heavy (non-hydrogen) atoms. The average Bonchev–Trinajstić information content (AvgIpc) is 3.02. The molecule has 5 nitrogen and oxygen atoms in total. The van der Waals surface area contributed by atoms with Gasteiger partial charge >= 0.3 is 0 Å². The monoisotopic (exact) mass is 374 g/mol. The molecule has 138 valence electrons. The van der Waals surface area contributed by atoms with E-state index in [0.717, 1.165) is 46.6 Å². The molecule has 0 aliphatic rings. The van der Waals surface area contributed by atoms with Crippen LogP contribution in [0.25, 0.3) is 11.0 Å². The summed E-state index contributed by atoms with van der Waals surface area (Å²) in [7, 11) is 1.61. The number of carbonyl (C=O) groups is 1. The zero-order valence-corrected chi connectivity index (χ0v) is 15.7. The van der Waals surface area contributed by atoms with Gasteiger partial charge in [-0.1, -0.05) is 25.1 Å². The van der Waals surface area contributed by atoms with Crippen molar-refractivity contribution in [2.75, 3.05) is 19.0 Å². The first-order valence-electron chi connectivity index (χ1n) is 8.34. The van der Waals surface area contributed by atoms with E-state index in [1.54, 1.807) is 13.4 Å². The molecule has 0 bridgehead atoms. The average molecular weight is 375 g/mol. The Labute approximate surface area is 159 Å². The number of amides is 1. The van der Waals surface area contributed by atoms with Crippen molar-refractivity contribution in [2.24, 2.45) is 0 Å². The SMILES string of the molecule is CCNCc1ccccc1NC(=O)Cc1coc2cc(OC)ccc12.Cl. The van der Waals surface area contributed by atoms with E-state index >= 15 is 0 Å². The van der Waals surface area contributed by atoms with Gasteiger partial charge in [0.15, 0.2) is 0 Å². The van der Waals surface area contributed by atoms with E-state index < -0.39 is 0 Å². The van der Waals surface area contributed by atoms with Crippen LogP contribution in [0.4, 0.5) is 5.69 Å². The fraction of sp³-hybridized carbons (Fsp3) is 0.250. The maximum Gasteiger partial charge on any atom is 0.228 e. The summed E-state index contributed by atoms with van der Waals surface area (Å²) < 4.78 is 10.7. The van der Waals surface area contributed by atoms with Gasteiger partial charge in [0, 0.05) is 29.2 Å². The van der Waals surface area contributed by atoms with Gasteiger partial charge in [-0.25, -0.2) is 0 Å². The summed E-state index contributed by atoms with van der Waals surface area (Å²) in [5.74, 6) is 0.665. The molecule has 2 aromatic carbocycles. The summed E-state index contributed by atoms with van der Waals surface area (Å²) in [6.07, 6.45) is 1.89. The summed E-state index contributed by atoms with van der Waals surface area (Å²) in [5.41, 5.74) is 3.48. The second-order valence-corrected chi connectivity index (χ2v) is 5.79. The molecule has 0 fully saturated rings. The van der Waals surface area contributed by atoms with Crippen LogP contribution in [-0.2, 0) is 17.8 Å². The largest absolute Gasteiger partial charge is 0.497 e. The Morgan fingerprint density at radius 1 is 1.15 bits per heavy atom. The summed E-state index contributed by atoms with van der Waals surface area (Å²) in [4.78, 5) is 12.5. The molecule has 0 aliphatic heterocycles. The van der Waals surface area contributed by atoms with Crippen LogP contribution in [0.1, 0.15) is 18.1 Å². The zero-order valence-electron chi connectivity index (χ0n) is 14.9. The lowest BCUT2D eigenvalue weighted by molar-refractivity contribution is -0.115. The second kappa shape index (κ2) is 9.27. The van der Waals surface area contributed by atoms with E-state index in [1.807, 2.05) is 42.5 Å². The minimum atomic E-state index is -0.0672. The number of hydrogen-bond acceptors (Lipinski definition) is 4. The normalized spacial score (nSPS) is 10.4. The quantitative estimate of drug-likeness (QED) is 0.652. The number of halogens is 1. The molecule has 1 amide bonds. The van der Waals surface area contributed by atoms with Crippen LogP contribution < -0.4 is 15.4 Å². The molecule has 0 aliphatic carbocycles. The van der Waals surface area contributed by atoms with E-state index in [1.165, 1.54) is 0 Å². The number of carbonyl (C=O) groups excluding carboxylic acids is 1. The van der Waals surface area contributed by atoms with E-state index in [0.29, 0.717) is 0 Å². The van der Waals surface area contributed by atoms with Crippen molar-refractivity contribution < 1.29 is 13.9 Å². The van der Waals surface area contributed by atoms with Crippen molar-refractivity contribution in [3.05, 3.63) is 59.9 Å². The van der Waals surface area contributed by atoms with Crippen LogP contribution in [0.15, 0.2) is 53.1 Å². The van der Waals surface area contributed by atoms with Gasteiger partial charge in [-0.2, -0.15) is 0 Å². The Morgan fingerprint density at radius 3 is 2.73 bits per heavy atom. The number of para-hydroxylation sites is 1. The summed E-state index contributed by atoms with van der Waals surface area (Å²) in [5, 5.41) is 7.21. The molecule has 0 unspecified atom stereocenters. The third kappa shape index (κ3) is 4.56. The third-order valence-electron chi connectivity index (χ3n) is 4.07. The van der Waals surface area contributed by atoms with Crippen molar-refractivity contribution in [2.45, 2.75) is 19.9 Å². The third-order valence-corrected chi connectivity index (χ3v) is 4.07. The fourth-order valence-corrected chi connectivity index (χ4v) is 2.75. The van der Waals surface area contributed by atoms with Crippen molar-refractivity contribution in [1.29, 1.82) is 0 Å². The Bertz CT molecular complexity index is 876. The van der Waals surface area contributed by atoms with Gasteiger partial charge in [0.1, 0.15) is 11.3 Å². The molecule has 0 radical (unpaired) electrons. The topological polar surface area (TPSA) is 63.5 Å². The van der Waals surface area contributed by atoms with Crippen molar-refractivity contribution in [1.82, 2.24) is 5.32 Å². The number of ether oxygens (including phenoxy) is 1. The Hall–Kier alpha value is -2.50. The highest BCUT2D eigenvalue weighted by atomic mass is 35.5. The van der Waals surface area contributed by atoms with Gasteiger partial charge in [0.05, 0.1) is 19.8 Å². The van der Waals surface area contributed by atoms with Crippen LogP contribution in [0.5, 0.6) is 5.75 Å². The molecule has 6 heteroatoms.